The first-order valence-corrected chi connectivity index (χ1v) is 5.17. The van der Waals surface area contributed by atoms with Gasteiger partial charge in [0.15, 0.2) is 0 Å². The molecule has 0 aromatic heterocycles. The quantitative estimate of drug-likeness (QED) is 0.435. The zero-order chi connectivity index (χ0) is 11.8. The van der Waals surface area contributed by atoms with Crippen LogP contribution in [0.4, 0.5) is 5.69 Å². The molecule has 5 heteroatoms. The maximum absolute atomic E-state index is 10.4. The highest BCUT2D eigenvalue weighted by molar-refractivity contribution is 5.32. The van der Waals surface area contributed by atoms with E-state index in [1.807, 2.05) is 0 Å². The van der Waals surface area contributed by atoms with Crippen molar-refractivity contribution in [2.24, 2.45) is 0 Å². The molecule has 88 valence electrons. The topological polar surface area (TPSA) is 64.4 Å². The molecule has 0 aliphatic rings. The number of rotatable bonds is 7. The maximum Gasteiger partial charge on any atom is 0.269 e. The summed E-state index contributed by atoms with van der Waals surface area (Å²) in [4.78, 5) is 10.0. The SMILES string of the molecule is COCCCNCc1ccc([N+](=O)[O-])cc1. The molecule has 1 aromatic carbocycles. The minimum Gasteiger partial charge on any atom is -0.385 e. The normalized spacial score (nSPS) is 10.3. The van der Waals surface area contributed by atoms with Crippen molar-refractivity contribution in [3.63, 3.8) is 0 Å². The monoisotopic (exact) mass is 224 g/mol. The number of nitro groups is 1. The zero-order valence-corrected chi connectivity index (χ0v) is 9.31. The van der Waals surface area contributed by atoms with E-state index in [9.17, 15) is 10.1 Å². The van der Waals surface area contributed by atoms with E-state index in [1.54, 1.807) is 19.2 Å². The molecule has 0 heterocycles. The van der Waals surface area contributed by atoms with Gasteiger partial charge < -0.3 is 10.1 Å². The van der Waals surface area contributed by atoms with Gasteiger partial charge in [-0.25, -0.2) is 0 Å². The average Bonchev–Trinajstić information content (AvgIpc) is 2.29. The van der Waals surface area contributed by atoms with E-state index in [-0.39, 0.29) is 5.69 Å². The summed E-state index contributed by atoms with van der Waals surface area (Å²) in [5.41, 5.74) is 1.17. The number of hydrogen-bond donors (Lipinski definition) is 1. The highest BCUT2D eigenvalue weighted by Gasteiger charge is 2.03. The summed E-state index contributed by atoms with van der Waals surface area (Å²) < 4.78 is 4.92. The third-order valence-corrected chi connectivity index (χ3v) is 2.18. The van der Waals surface area contributed by atoms with E-state index in [0.29, 0.717) is 0 Å². The first-order chi connectivity index (χ1) is 7.74. The fourth-order valence-corrected chi connectivity index (χ4v) is 1.31. The Labute approximate surface area is 94.6 Å². The first kappa shape index (κ1) is 12.6. The minimum absolute atomic E-state index is 0.128. The largest absolute Gasteiger partial charge is 0.385 e. The molecule has 1 N–H and O–H groups in total. The van der Waals surface area contributed by atoms with Crippen molar-refractivity contribution in [1.82, 2.24) is 5.32 Å². The van der Waals surface area contributed by atoms with Crippen LogP contribution in [0.3, 0.4) is 0 Å². The van der Waals surface area contributed by atoms with Crippen LogP contribution in [-0.2, 0) is 11.3 Å². The smallest absolute Gasteiger partial charge is 0.269 e. The molecule has 0 fully saturated rings. The second-order valence-corrected chi connectivity index (χ2v) is 3.45. The minimum atomic E-state index is -0.393. The van der Waals surface area contributed by atoms with Gasteiger partial charge in [0.1, 0.15) is 0 Å². The van der Waals surface area contributed by atoms with Crippen LogP contribution in [0.1, 0.15) is 12.0 Å². The van der Waals surface area contributed by atoms with Gasteiger partial charge in [0.2, 0.25) is 0 Å². The molecule has 16 heavy (non-hydrogen) atoms. The second kappa shape index (κ2) is 6.92. The van der Waals surface area contributed by atoms with Crippen molar-refractivity contribution in [2.45, 2.75) is 13.0 Å². The molecule has 0 bridgehead atoms. The third kappa shape index (κ3) is 4.37. The van der Waals surface area contributed by atoms with Crippen LogP contribution in [0.5, 0.6) is 0 Å². The van der Waals surface area contributed by atoms with Gasteiger partial charge >= 0.3 is 0 Å². The lowest BCUT2D eigenvalue weighted by Gasteiger charge is -2.04. The number of hydrogen-bond acceptors (Lipinski definition) is 4. The molecule has 5 nitrogen and oxygen atoms in total. The van der Waals surface area contributed by atoms with Crippen LogP contribution >= 0.6 is 0 Å². The van der Waals surface area contributed by atoms with Crippen molar-refractivity contribution in [2.75, 3.05) is 20.3 Å². The molecule has 0 amide bonds. The Morgan fingerprint density at radius 3 is 2.62 bits per heavy atom. The fraction of sp³-hybridized carbons (Fsp3) is 0.455. The Morgan fingerprint density at radius 1 is 1.38 bits per heavy atom. The Balaban J connectivity index is 2.29. The Hall–Kier alpha value is -1.46. The van der Waals surface area contributed by atoms with E-state index >= 15 is 0 Å². The highest BCUT2D eigenvalue weighted by Crippen LogP contribution is 2.11. The summed E-state index contributed by atoms with van der Waals surface area (Å²) in [7, 11) is 1.68. The fourth-order valence-electron chi connectivity index (χ4n) is 1.31. The lowest BCUT2D eigenvalue weighted by Crippen LogP contribution is -2.15. The van der Waals surface area contributed by atoms with Crippen molar-refractivity contribution >= 4 is 5.69 Å². The van der Waals surface area contributed by atoms with Crippen LogP contribution in [0, 0.1) is 10.1 Å². The lowest BCUT2D eigenvalue weighted by atomic mass is 10.2. The summed E-state index contributed by atoms with van der Waals surface area (Å²) in [6, 6.07) is 6.57. The van der Waals surface area contributed by atoms with Crippen molar-refractivity contribution in [3.05, 3.63) is 39.9 Å². The van der Waals surface area contributed by atoms with Gasteiger partial charge in [-0.3, -0.25) is 10.1 Å². The zero-order valence-electron chi connectivity index (χ0n) is 9.31. The number of ether oxygens (including phenoxy) is 1. The van der Waals surface area contributed by atoms with Gasteiger partial charge in [-0.05, 0) is 18.5 Å². The molecular formula is C11H16N2O3. The summed E-state index contributed by atoms with van der Waals surface area (Å²) >= 11 is 0. The van der Waals surface area contributed by atoms with Crippen molar-refractivity contribution in [3.8, 4) is 0 Å². The third-order valence-electron chi connectivity index (χ3n) is 2.18. The molecule has 0 saturated carbocycles. The number of non-ortho nitro benzene ring substituents is 1. The van der Waals surface area contributed by atoms with Gasteiger partial charge in [0, 0.05) is 32.4 Å². The number of nitrogens with one attached hydrogen (secondary N) is 1. The van der Waals surface area contributed by atoms with Crippen molar-refractivity contribution in [1.29, 1.82) is 0 Å². The highest BCUT2D eigenvalue weighted by atomic mass is 16.6. The van der Waals surface area contributed by atoms with Gasteiger partial charge in [-0.2, -0.15) is 0 Å². The van der Waals surface area contributed by atoms with Gasteiger partial charge in [-0.15, -0.1) is 0 Å². The Morgan fingerprint density at radius 2 is 2.06 bits per heavy atom. The molecule has 0 aliphatic heterocycles. The number of benzene rings is 1. The van der Waals surface area contributed by atoms with Crippen LogP contribution in [0.25, 0.3) is 0 Å². The van der Waals surface area contributed by atoms with Crippen LogP contribution in [0.2, 0.25) is 0 Å². The number of nitro benzene ring substituents is 1. The second-order valence-electron chi connectivity index (χ2n) is 3.45. The van der Waals surface area contributed by atoms with Gasteiger partial charge in [-0.1, -0.05) is 12.1 Å². The van der Waals surface area contributed by atoms with E-state index in [4.69, 9.17) is 4.74 Å². The van der Waals surface area contributed by atoms with Crippen molar-refractivity contribution < 1.29 is 9.66 Å². The van der Waals surface area contributed by atoms with Crippen LogP contribution in [0.15, 0.2) is 24.3 Å². The lowest BCUT2D eigenvalue weighted by molar-refractivity contribution is -0.384. The summed E-state index contributed by atoms with van der Waals surface area (Å²) in [6.45, 7) is 2.35. The first-order valence-electron chi connectivity index (χ1n) is 5.17. The van der Waals surface area contributed by atoms with Crippen LogP contribution in [-0.4, -0.2) is 25.2 Å². The standard InChI is InChI=1S/C11H16N2O3/c1-16-8-2-7-12-9-10-3-5-11(6-4-10)13(14)15/h3-6,12H,2,7-9H2,1H3. The molecule has 1 aromatic rings. The predicted molar refractivity (Wildman–Crippen MR) is 61.3 cm³/mol. The maximum atomic E-state index is 10.4. The van der Waals surface area contributed by atoms with E-state index in [0.717, 1.165) is 31.7 Å². The average molecular weight is 224 g/mol. The molecule has 0 unspecified atom stereocenters. The number of methoxy groups -OCH3 is 1. The van der Waals surface area contributed by atoms with E-state index < -0.39 is 4.92 Å². The number of nitrogens with zero attached hydrogens (tertiary/aromatic N) is 1. The van der Waals surface area contributed by atoms with Gasteiger partial charge in [0.05, 0.1) is 4.92 Å². The molecule has 0 atom stereocenters. The van der Waals surface area contributed by atoms with Crippen LogP contribution < -0.4 is 5.32 Å². The molecule has 0 aliphatic carbocycles. The molecule has 0 saturated heterocycles. The summed E-state index contributed by atoms with van der Waals surface area (Å²) in [5.74, 6) is 0. The molecule has 1 rings (SSSR count). The Bertz CT molecular complexity index is 325. The van der Waals surface area contributed by atoms with Gasteiger partial charge in [0.25, 0.3) is 5.69 Å². The van der Waals surface area contributed by atoms with E-state index in [2.05, 4.69) is 5.32 Å². The van der Waals surface area contributed by atoms with E-state index in [1.165, 1.54) is 12.1 Å². The summed E-state index contributed by atoms with van der Waals surface area (Å²) in [5, 5.41) is 13.7. The summed E-state index contributed by atoms with van der Waals surface area (Å²) in [6.07, 6.45) is 0.962. The predicted octanol–water partition coefficient (Wildman–Crippen LogP) is 1.72. The molecule has 0 radical (unpaired) electrons. The molecular weight excluding hydrogens is 208 g/mol. The Kier molecular flexibility index (Phi) is 5.45. The molecule has 0 spiro atoms.